The van der Waals surface area contributed by atoms with Crippen LogP contribution >= 0.6 is 17.6 Å². The molecule has 0 atom stereocenters. The quantitative estimate of drug-likeness (QED) is 0.260. The summed E-state index contributed by atoms with van der Waals surface area (Å²) >= 11 is 1.62. The molecule has 1 radical (unpaired) electrons. The summed E-state index contributed by atoms with van der Waals surface area (Å²) in [6.45, 7) is 0. The smallest absolute Gasteiger partial charge is 0.108 e. The van der Waals surface area contributed by atoms with Crippen LogP contribution in [0.25, 0.3) is 11.4 Å². The summed E-state index contributed by atoms with van der Waals surface area (Å²) in [5.74, 6) is 0. The van der Waals surface area contributed by atoms with Crippen molar-refractivity contribution in [3.8, 4) is 11.4 Å². The number of hydrogen-bond donors (Lipinski definition) is 0. The van der Waals surface area contributed by atoms with Crippen molar-refractivity contribution in [2.24, 2.45) is 0 Å². The molecule has 0 amide bonds. The molecule has 0 spiro atoms. The van der Waals surface area contributed by atoms with E-state index in [-0.39, 0.29) is 16.8 Å². The molecule has 2 aromatic heterocycles. The van der Waals surface area contributed by atoms with Gasteiger partial charge in [0.25, 0.3) is 0 Å². The van der Waals surface area contributed by atoms with Gasteiger partial charge in [-0.2, -0.15) is 0 Å². The Morgan fingerprint density at radius 1 is 0.655 bits per heavy atom. The Labute approximate surface area is 197 Å². The summed E-state index contributed by atoms with van der Waals surface area (Å²) in [6, 6.07) is 33.8. The van der Waals surface area contributed by atoms with Gasteiger partial charge in [0.05, 0.1) is 35.6 Å². The van der Waals surface area contributed by atoms with E-state index in [9.17, 15) is 0 Å². The Kier molecular flexibility index (Phi) is 10.7. The van der Waals surface area contributed by atoms with E-state index in [1.165, 1.54) is 10.6 Å². The van der Waals surface area contributed by atoms with Gasteiger partial charge in [0.15, 0.2) is 0 Å². The third-order valence-electron chi connectivity index (χ3n) is 4.34. The van der Waals surface area contributed by atoms with Gasteiger partial charge < -0.3 is 0 Å². The second-order valence-corrected chi connectivity index (χ2v) is 8.58. The second-order valence-electron chi connectivity index (χ2n) is 6.12. The van der Waals surface area contributed by atoms with Crippen molar-refractivity contribution in [3.63, 3.8) is 0 Å². The number of pyridine rings is 2. The minimum Gasteiger partial charge on any atom is -0.255 e. The van der Waals surface area contributed by atoms with Crippen LogP contribution in [0.2, 0.25) is 0 Å². The van der Waals surface area contributed by atoms with Crippen molar-refractivity contribution in [2.45, 2.75) is 6.16 Å². The number of rotatable bonds is 5. The monoisotopic (exact) mass is 552 g/mol. The van der Waals surface area contributed by atoms with Crippen molar-refractivity contribution < 1.29 is 34.1 Å². The Balaban J connectivity index is 0.000000970. The molecule has 4 rings (SSSR count). The minimum absolute atomic E-state index is 0. The molecule has 0 saturated carbocycles. The zero-order valence-corrected chi connectivity index (χ0v) is 20.2. The molecule has 2 heterocycles. The zero-order valence-electron chi connectivity index (χ0n) is 15.5. The third kappa shape index (κ3) is 6.81. The molecule has 0 N–H and O–H groups in total. The second kappa shape index (κ2) is 13.0. The van der Waals surface area contributed by atoms with Crippen LogP contribution in [0.4, 0.5) is 0 Å². The van der Waals surface area contributed by atoms with E-state index < -0.39 is 7.92 Å². The summed E-state index contributed by atoms with van der Waals surface area (Å²) in [5, 5.41) is 2.82. The SMILES string of the molecule is [Cl][RuH].[Co].c1ccc([PH+](Cc2cccc(-c3ccccn3)n2)c2ccccc2)cc1. The summed E-state index contributed by atoms with van der Waals surface area (Å²) in [7, 11) is 3.68. The number of benzene rings is 2. The maximum atomic E-state index is 4.90. The maximum Gasteiger partial charge on any atom is 0.108 e. The molecule has 29 heavy (non-hydrogen) atoms. The number of aromatic nitrogens is 2. The minimum atomic E-state index is -0.933. The third-order valence-corrected chi connectivity index (χ3v) is 7.11. The van der Waals surface area contributed by atoms with Crippen molar-refractivity contribution in [3.05, 3.63) is 109 Å². The Morgan fingerprint density at radius 2 is 1.21 bits per heavy atom. The Bertz CT molecular complexity index is 936. The Morgan fingerprint density at radius 3 is 1.76 bits per heavy atom. The first-order chi connectivity index (χ1) is 13.9. The maximum absolute atomic E-state index is 4.90. The molecule has 2 nitrogen and oxygen atoms in total. The van der Waals surface area contributed by atoms with E-state index in [4.69, 9.17) is 4.98 Å². The normalized spacial score (nSPS) is 9.93. The molecule has 0 aliphatic rings. The van der Waals surface area contributed by atoms with Crippen molar-refractivity contribution in [1.29, 1.82) is 0 Å². The topological polar surface area (TPSA) is 25.8 Å². The van der Waals surface area contributed by atoms with E-state index in [1.807, 2.05) is 30.5 Å². The summed E-state index contributed by atoms with van der Waals surface area (Å²) in [4.78, 5) is 9.33. The van der Waals surface area contributed by atoms with Gasteiger partial charge >= 0.3 is 27.0 Å². The van der Waals surface area contributed by atoms with E-state index in [0.29, 0.717) is 0 Å². The van der Waals surface area contributed by atoms with Gasteiger partial charge in [-0.1, -0.05) is 48.5 Å². The summed E-state index contributed by atoms with van der Waals surface area (Å²) in [6.07, 6.45) is 2.77. The molecular weight excluding hydrogens is 531 g/mol. The molecule has 0 aliphatic heterocycles. The molecule has 0 bridgehead atoms. The molecule has 0 fully saturated rings. The molecule has 0 aliphatic carbocycles. The summed E-state index contributed by atoms with van der Waals surface area (Å²) in [5.41, 5.74) is 2.97. The van der Waals surface area contributed by atoms with Crippen molar-refractivity contribution >= 4 is 28.2 Å². The largest absolute Gasteiger partial charge is 0.255 e. The van der Waals surface area contributed by atoms with Crippen LogP contribution in [-0.4, -0.2) is 9.97 Å². The average molecular weight is 552 g/mol. The van der Waals surface area contributed by atoms with Gasteiger partial charge in [0.1, 0.15) is 6.16 Å². The van der Waals surface area contributed by atoms with Crippen LogP contribution < -0.4 is 10.6 Å². The molecule has 0 saturated heterocycles. The fourth-order valence-corrected chi connectivity index (χ4v) is 5.56. The van der Waals surface area contributed by atoms with E-state index in [0.717, 1.165) is 23.2 Å². The van der Waals surface area contributed by atoms with Crippen LogP contribution in [0.3, 0.4) is 0 Å². The van der Waals surface area contributed by atoms with Crippen molar-refractivity contribution in [2.75, 3.05) is 0 Å². The van der Waals surface area contributed by atoms with Crippen LogP contribution in [-0.2, 0) is 40.3 Å². The number of nitrogens with zero attached hydrogens (tertiary/aromatic N) is 2. The van der Waals surface area contributed by atoms with Gasteiger partial charge in [-0.05, 0) is 48.5 Å². The van der Waals surface area contributed by atoms with E-state index in [1.54, 1.807) is 17.3 Å². The molecule has 0 unspecified atom stereocenters. The van der Waals surface area contributed by atoms with Gasteiger partial charge in [0.2, 0.25) is 0 Å². The standard InChI is InChI=1S/C23H19N2P.ClH.Co.Ru.H/c1-3-11-20(12-4-1)26(21-13-5-2-6-14-21)18-19-10-9-16-23(25-19)22-15-7-8-17-24-22;;;;/h1-17H,18H2;1H;;;/q;;;+1;. The fraction of sp³-hybridized carbons (Fsp3) is 0.0435. The van der Waals surface area contributed by atoms with Crippen LogP contribution in [0.5, 0.6) is 0 Å². The molecule has 6 heteroatoms. The predicted molar refractivity (Wildman–Crippen MR) is 119 cm³/mol. The molecule has 151 valence electrons. The fourth-order valence-electron chi connectivity index (χ4n) is 3.07. The van der Waals surface area contributed by atoms with Crippen LogP contribution in [0.1, 0.15) is 5.69 Å². The first kappa shape index (κ1) is 23.9. The van der Waals surface area contributed by atoms with Gasteiger partial charge in [0, 0.05) is 23.0 Å². The van der Waals surface area contributed by atoms with Gasteiger partial charge in [-0.3, -0.25) is 4.98 Å². The summed E-state index contributed by atoms with van der Waals surface area (Å²) < 4.78 is 0. The number of hydrogen-bond acceptors (Lipinski definition) is 2. The van der Waals surface area contributed by atoms with Gasteiger partial charge in [-0.15, -0.1) is 0 Å². The first-order valence-electron chi connectivity index (χ1n) is 8.88. The first-order valence-corrected chi connectivity index (χ1v) is 13.0. The average Bonchev–Trinajstić information content (AvgIpc) is 2.81. The Hall–Kier alpha value is -1.41. The predicted octanol–water partition coefficient (Wildman–Crippen LogP) is 4.93. The molecule has 2 aromatic carbocycles. The van der Waals surface area contributed by atoms with Crippen LogP contribution in [0, 0.1) is 0 Å². The van der Waals surface area contributed by atoms with E-state index in [2.05, 4.69) is 87.5 Å². The molecule has 4 aromatic rings. The van der Waals surface area contributed by atoms with E-state index >= 15 is 0 Å². The molecular formula is C23H21ClCoN2PRu+. The number of halogens is 1. The van der Waals surface area contributed by atoms with Crippen LogP contribution in [0.15, 0.2) is 103 Å². The zero-order chi connectivity index (χ0) is 19.6. The van der Waals surface area contributed by atoms with Gasteiger partial charge in [-0.25, -0.2) is 4.98 Å². The van der Waals surface area contributed by atoms with Crippen molar-refractivity contribution in [1.82, 2.24) is 9.97 Å².